The molecular weight excluding hydrogens is 237 g/mol. The van der Waals surface area contributed by atoms with Crippen molar-refractivity contribution < 1.29 is 4.39 Å². The van der Waals surface area contributed by atoms with E-state index in [1.54, 1.807) is 12.1 Å². The van der Waals surface area contributed by atoms with E-state index >= 15 is 0 Å². The maximum Gasteiger partial charge on any atom is 0.123 e. The summed E-state index contributed by atoms with van der Waals surface area (Å²) in [6.07, 6.45) is 4.78. The van der Waals surface area contributed by atoms with Crippen LogP contribution < -0.4 is 5.32 Å². The summed E-state index contributed by atoms with van der Waals surface area (Å²) in [5.74, 6) is 0.608. The number of aryl methyl sites for hydroxylation is 1. The van der Waals surface area contributed by atoms with Crippen LogP contribution in [0.4, 0.5) is 4.39 Å². The van der Waals surface area contributed by atoms with Gasteiger partial charge in [0.1, 0.15) is 5.82 Å². The number of halogens is 1. The summed E-state index contributed by atoms with van der Waals surface area (Å²) in [6.45, 7) is 8.80. The maximum atomic E-state index is 13.4. The molecule has 106 valence electrons. The lowest BCUT2D eigenvalue weighted by Gasteiger charge is -2.41. The van der Waals surface area contributed by atoms with Crippen LogP contribution in [0.25, 0.3) is 0 Å². The molecule has 0 aliphatic carbocycles. The van der Waals surface area contributed by atoms with Gasteiger partial charge in [-0.1, -0.05) is 26.3 Å². The Morgan fingerprint density at radius 2 is 2.00 bits per heavy atom. The molecule has 1 heterocycles. The maximum absolute atomic E-state index is 13.4. The van der Waals surface area contributed by atoms with Crippen LogP contribution in [0, 0.1) is 18.7 Å². The average molecular weight is 263 g/mol. The molecule has 1 saturated heterocycles. The summed E-state index contributed by atoms with van der Waals surface area (Å²) in [5.41, 5.74) is 2.74. The van der Waals surface area contributed by atoms with Gasteiger partial charge in [-0.15, -0.1) is 0 Å². The Bertz CT molecular complexity index is 421. The van der Waals surface area contributed by atoms with Crippen molar-refractivity contribution in [1.82, 2.24) is 5.32 Å². The van der Waals surface area contributed by atoms with Crippen LogP contribution in [0.3, 0.4) is 0 Å². The van der Waals surface area contributed by atoms with Crippen LogP contribution >= 0.6 is 0 Å². The molecule has 1 fully saturated rings. The Morgan fingerprint density at radius 3 is 2.58 bits per heavy atom. The van der Waals surface area contributed by atoms with Gasteiger partial charge >= 0.3 is 0 Å². The van der Waals surface area contributed by atoms with E-state index in [1.807, 2.05) is 6.07 Å². The van der Waals surface area contributed by atoms with Crippen molar-refractivity contribution in [1.29, 1.82) is 0 Å². The lowest BCUT2D eigenvalue weighted by Crippen LogP contribution is -2.41. The van der Waals surface area contributed by atoms with E-state index in [0.717, 1.165) is 24.6 Å². The number of benzene rings is 1. The summed E-state index contributed by atoms with van der Waals surface area (Å²) in [7, 11) is 0. The Kier molecular flexibility index (Phi) is 4.62. The van der Waals surface area contributed by atoms with E-state index in [2.05, 4.69) is 26.1 Å². The molecule has 19 heavy (non-hydrogen) atoms. The van der Waals surface area contributed by atoms with Gasteiger partial charge in [0, 0.05) is 0 Å². The molecule has 0 bridgehead atoms. The molecule has 0 aromatic heterocycles. The summed E-state index contributed by atoms with van der Waals surface area (Å²) in [4.78, 5) is 0. The van der Waals surface area contributed by atoms with Crippen LogP contribution in [0.5, 0.6) is 0 Å². The van der Waals surface area contributed by atoms with Gasteiger partial charge in [-0.05, 0) is 73.9 Å². The standard InChI is InChI=1S/C17H26FN/c1-4-13(2)12-17(7-9-19-10-8-17)16-6-5-15(18)11-14(16)3/h5-6,11,13,19H,4,7-10,12H2,1-3H3. The van der Waals surface area contributed by atoms with E-state index in [-0.39, 0.29) is 11.2 Å². The monoisotopic (exact) mass is 263 g/mol. The average Bonchev–Trinajstić information content (AvgIpc) is 2.39. The lowest BCUT2D eigenvalue weighted by atomic mass is 9.67. The number of rotatable bonds is 4. The Labute approximate surface area is 116 Å². The second-order valence-electron chi connectivity index (χ2n) is 6.21. The van der Waals surface area contributed by atoms with Gasteiger partial charge in [-0.25, -0.2) is 4.39 Å². The zero-order valence-electron chi connectivity index (χ0n) is 12.4. The summed E-state index contributed by atoms with van der Waals surface area (Å²) < 4.78 is 13.4. The fourth-order valence-electron chi connectivity index (χ4n) is 3.52. The number of hydrogen-bond donors (Lipinski definition) is 1. The van der Waals surface area contributed by atoms with E-state index in [9.17, 15) is 4.39 Å². The number of hydrogen-bond acceptors (Lipinski definition) is 1. The van der Waals surface area contributed by atoms with Crippen LogP contribution in [0.1, 0.15) is 50.7 Å². The summed E-state index contributed by atoms with van der Waals surface area (Å²) >= 11 is 0. The fourth-order valence-corrected chi connectivity index (χ4v) is 3.52. The minimum atomic E-state index is -0.117. The third-order valence-corrected chi connectivity index (χ3v) is 4.76. The van der Waals surface area contributed by atoms with E-state index in [0.29, 0.717) is 0 Å². The molecule has 0 spiro atoms. The quantitative estimate of drug-likeness (QED) is 0.859. The Morgan fingerprint density at radius 1 is 1.32 bits per heavy atom. The van der Waals surface area contributed by atoms with Crippen molar-refractivity contribution in [2.75, 3.05) is 13.1 Å². The summed E-state index contributed by atoms with van der Waals surface area (Å²) in [6, 6.07) is 5.34. The highest BCUT2D eigenvalue weighted by atomic mass is 19.1. The molecule has 1 aromatic carbocycles. The molecule has 0 amide bonds. The van der Waals surface area contributed by atoms with Gasteiger partial charge in [-0.2, -0.15) is 0 Å². The van der Waals surface area contributed by atoms with Crippen LogP contribution in [0.15, 0.2) is 18.2 Å². The minimum absolute atomic E-state index is 0.117. The van der Waals surface area contributed by atoms with Crippen molar-refractivity contribution >= 4 is 0 Å². The van der Waals surface area contributed by atoms with Crippen molar-refractivity contribution in [3.05, 3.63) is 35.1 Å². The molecule has 1 aromatic rings. The lowest BCUT2D eigenvalue weighted by molar-refractivity contribution is 0.246. The van der Waals surface area contributed by atoms with Gasteiger partial charge < -0.3 is 5.32 Å². The topological polar surface area (TPSA) is 12.0 Å². The molecule has 2 rings (SSSR count). The molecule has 1 aliphatic heterocycles. The first-order valence-corrected chi connectivity index (χ1v) is 7.55. The molecule has 1 aliphatic rings. The first-order valence-electron chi connectivity index (χ1n) is 7.55. The first-order chi connectivity index (χ1) is 9.07. The Balaban J connectivity index is 2.35. The third kappa shape index (κ3) is 3.17. The van der Waals surface area contributed by atoms with E-state index in [1.165, 1.54) is 31.2 Å². The van der Waals surface area contributed by atoms with Crippen LogP contribution in [-0.2, 0) is 5.41 Å². The van der Waals surface area contributed by atoms with E-state index in [4.69, 9.17) is 0 Å². The van der Waals surface area contributed by atoms with Crippen molar-refractivity contribution in [2.45, 2.75) is 51.9 Å². The van der Waals surface area contributed by atoms with Crippen molar-refractivity contribution in [3.63, 3.8) is 0 Å². The third-order valence-electron chi connectivity index (χ3n) is 4.76. The fraction of sp³-hybridized carbons (Fsp3) is 0.647. The van der Waals surface area contributed by atoms with Crippen LogP contribution in [-0.4, -0.2) is 13.1 Å². The molecule has 0 radical (unpaired) electrons. The van der Waals surface area contributed by atoms with Crippen molar-refractivity contribution in [3.8, 4) is 0 Å². The van der Waals surface area contributed by atoms with Gasteiger partial charge in [0.25, 0.3) is 0 Å². The SMILES string of the molecule is CCC(C)CC1(c2ccc(F)cc2C)CCNCC1. The predicted molar refractivity (Wildman–Crippen MR) is 79.0 cm³/mol. The highest BCUT2D eigenvalue weighted by Crippen LogP contribution is 2.41. The van der Waals surface area contributed by atoms with Gasteiger partial charge in [-0.3, -0.25) is 0 Å². The number of piperidine rings is 1. The highest BCUT2D eigenvalue weighted by Gasteiger charge is 2.35. The number of nitrogens with one attached hydrogen (secondary N) is 1. The second kappa shape index (κ2) is 6.04. The Hall–Kier alpha value is -0.890. The van der Waals surface area contributed by atoms with Crippen LogP contribution in [0.2, 0.25) is 0 Å². The zero-order chi connectivity index (χ0) is 13.9. The van der Waals surface area contributed by atoms with Gasteiger partial charge in [0.2, 0.25) is 0 Å². The molecule has 0 saturated carbocycles. The van der Waals surface area contributed by atoms with E-state index < -0.39 is 0 Å². The smallest absolute Gasteiger partial charge is 0.123 e. The molecule has 1 unspecified atom stereocenters. The molecule has 2 heteroatoms. The second-order valence-corrected chi connectivity index (χ2v) is 6.21. The molecular formula is C17H26FN. The van der Waals surface area contributed by atoms with Gasteiger partial charge in [0.05, 0.1) is 0 Å². The van der Waals surface area contributed by atoms with Gasteiger partial charge in [0.15, 0.2) is 0 Å². The molecule has 1 atom stereocenters. The molecule has 1 nitrogen and oxygen atoms in total. The minimum Gasteiger partial charge on any atom is -0.317 e. The predicted octanol–water partition coefficient (Wildman–Crippen LogP) is 4.19. The largest absolute Gasteiger partial charge is 0.317 e. The first kappa shape index (κ1) is 14.5. The highest BCUT2D eigenvalue weighted by molar-refractivity contribution is 5.34. The van der Waals surface area contributed by atoms with Crippen molar-refractivity contribution in [2.24, 2.45) is 5.92 Å². The molecule has 1 N–H and O–H groups in total. The normalized spacial score (nSPS) is 20.2. The summed E-state index contributed by atoms with van der Waals surface area (Å²) in [5, 5.41) is 3.46. The zero-order valence-corrected chi connectivity index (χ0v) is 12.4.